The van der Waals surface area contributed by atoms with E-state index in [0.29, 0.717) is 41.8 Å². The molecule has 1 amide bonds. The van der Waals surface area contributed by atoms with Gasteiger partial charge in [0.15, 0.2) is 23.2 Å². The van der Waals surface area contributed by atoms with Crippen molar-refractivity contribution in [3.8, 4) is 17.2 Å². The average Bonchev–Trinajstić information content (AvgIpc) is 3.50. The first kappa shape index (κ1) is 22.3. The number of nitrogen functional groups attached to an aromatic ring is 1. The third kappa shape index (κ3) is 3.90. The fourth-order valence-corrected chi connectivity index (χ4v) is 4.25. The van der Waals surface area contributed by atoms with Gasteiger partial charge in [-0.05, 0) is 48.9 Å². The molecule has 3 N–H and O–H groups in total. The molecule has 0 spiro atoms. The molecule has 3 heterocycles. The van der Waals surface area contributed by atoms with Crippen LogP contribution in [0.25, 0.3) is 16.6 Å². The van der Waals surface area contributed by atoms with Crippen LogP contribution in [0.2, 0.25) is 0 Å². The van der Waals surface area contributed by atoms with Gasteiger partial charge in [0, 0.05) is 19.0 Å². The van der Waals surface area contributed by atoms with Crippen molar-refractivity contribution in [1.29, 1.82) is 0 Å². The van der Waals surface area contributed by atoms with Gasteiger partial charge in [-0.15, -0.1) is 0 Å². The summed E-state index contributed by atoms with van der Waals surface area (Å²) in [5.41, 5.74) is 7.02. The van der Waals surface area contributed by atoms with Crippen LogP contribution in [0.4, 0.5) is 14.6 Å². The monoisotopic (exact) mass is 478 g/mol. The summed E-state index contributed by atoms with van der Waals surface area (Å²) in [5, 5.41) is 11.2. The molecule has 0 radical (unpaired) electrons. The van der Waals surface area contributed by atoms with Crippen LogP contribution in [-0.4, -0.2) is 43.9 Å². The van der Waals surface area contributed by atoms with Gasteiger partial charge in [0.1, 0.15) is 11.3 Å². The van der Waals surface area contributed by atoms with Crippen LogP contribution < -0.4 is 16.0 Å². The number of aromatic amines is 1. The van der Waals surface area contributed by atoms with Crippen molar-refractivity contribution in [2.24, 2.45) is 0 Å². The van der Waals surface area contributed by atoms with Crippen molar-refractivity contribution in [1.82, 2.24) is 24.9 Å². The van der Waals surface area contributed by atoms with Crippen molar-refractivity contribution in [2.75, 3.05) is 18.8 Å². The molecule has 1 fully saturated rings. The number of likely N-dealkylation sites (tertiary alicyclic amines) is 1. The number of aromatic nitrogens is 4. The highest BCUT2D eigenvalue weighted by molar-refractivity contribution is 5.91. The predicted octanol–water partition coefficient (Wildman–Crippen LogP) is 3.26. The number of halogens is 2. The van der Waals surface area contributed by atoms with Gasteiger partial charge < -0.3 is 15.4 Å². The highest BCUT2D eigenvalue weighted by atomic mass is 19.1. The largest absolute Gasteiger partial charge is 0.451 e. The van der Waals surface area contributed by atoms with Crippen LogP contribution in [0, 0.1) is 11.6 Å². The summed E-state index contributed by atoms with van der Waals surface area (Å²) in [7, 11) is 0. The second-order valence-electron chi connectivity index (χ2n) is 8.08. The lowest BCUT2D eigenvalue weighted by Gasteiger charge is -2.13. The van der Waals surface area contributed by atoms with E-state index >= 15 is 0 Å². The maximum absolute atomic E-state index is 13.9. The van der Waals surface area contributed by atoms with E-state index in [0.717, 1.165) is 12.1 Å². The van der Waals surface area contributed by atoms with Crippen molar-refractivity contribution in [3.05, 3.63) is 82.8 Å². The van der Waals surface area contributed by atoms with Gasteiger partial charge in [0.25, 0.3) is 5.56 Å². The quantitative estimate of drug-likeness (QED) is 0.425. The molecule has 1 aliphatic heterocycles. The van der Waals surface area contributed by atoms with E-state index in [1.165, 1.54) is 29.0 Å². The third-order valence-electron chi connectivity index (χ3n) is 5.94. The van der Waals surface area contributed by atoms with E-state index in [2.05, 4.69) is 21.9 Å². The summed E-state index contributed by atoms with van der Waals surface area (Å²) in [5.74, 6) is -2.25. The van der Waals surface area contributed by atoms with Gasteiger partial charge in [0.05, 0.1) is 16.8 Å². The fraction of sp³-hybridized carbons (Fsp3) is 0.167. The van der Waals surface area contributed by atoms with Crippen LogP contribution in [-0.2, 0) is 4.79 Å². The molecule has 178 valence electrons. The van der Waals surface area contributed by atoms with Crippen LogP contribution in [0.1, 0.15) is 18.0 Å². The molecule has 1 aliphatic rings. The molecule has 2 aromatic heterocycles. The van der Waals surface area contributed by atoms with Gasteiger partial charge in [-0.25, -0.2) is 18.6 Å². The summed E-state index contributed by atoms with van der Waals surface area (Å²) in [6.07, 6.45) is 1.87. The molecule has 11 heteroatoms. The number of anilines is 1. The van der Waals surface area contributed by atoms with Crippen LogP contribution >= 0.6 is 0 Å². The Morgan fingerprint density at radius 1 is 1.20 bits per heavy atom. The highest BCUT2D eigenvalue weighted by Gasteiger charge is 2.31. The van der Waals surface area contributed by atoms with Crippen LogP contribution in [0.3, 0.4) is 0 Å². The Morgan fingerprint density at radius 2 is 1.91 bits per heavy atom. The zero-order valence-electron chi connectivity index (χ0n) is 18.4. The lowest BCUT2D eigenvalue weighted by molar-refractivity contribution is -0.125. The van der Waals surface area contributed by atoms with E-state index < -0.39 is 22.9 Å². The van der Waals surface area contributed by atoms with Gasteiger partial charge >= 0.3 is 0 Å². The predicted molar refractivity (Wildman–Crippen MR) is 124 cm³/mol. The summed E-state index contributed by atoms with van der Waals surface area (Å²) in [6, 6.07) is 9.73. The number of nitrogens with two attached hydrogens (primary N) is 1. The fourth-order valence-electron chi connectivity index (χ4n) is 4.25. The number of H-pyrrole nitrogens is 1. The molecule has 0 unspecified atom stereocenters. The molecule has 4 aromatic rings. The number of hydrogen-bond donors (Lipinski definition) is 2. The Balaban J connectivity index is 1.54. The van der Waals surface area contributed by atoms with Gasteiger partial charge in [0.2, 0.25) is 5.91 Å². The molecule has 0 saturated carbocycles. The van der Waals surface area contributed by atoms with Crippen molar-refractivity contribution in [2.45, 2.75) is 12.3 Å². The number of hydrogen-bond acceptors (Lipinski definition) is 6. The molecule has 9 nitrogen and oxygen atoms in total. The smallest absolute Gasteiger partial charge is 0.275 e. The van der Waals surface area contributed by atoms with Crippen LogP contribution in [0.5, 0.6) is 11.5 Å². The first-order valence-electron chi connectivity index (χ1n) is 10.8. The highest BCUT2D eigenvalue weighted by Crippen LogP contribution is 2.34. The number of para-hydroxylation sites is 1. The number of fused-ring (bicyclic) bond motifs is 1. The summed E-state index contributed by atoms with van der Waals surface area (Å²) in [6.45, 7) is 4.43. The van der Waals surface area contributed by atoms with E-state index in [1.54, 1.807) is 17.0 Å². The standard InChI is InChI=1S/C24H20F2N6O3/c1-2-18(33)31-11-10-13(12-31)20-19-21(23(27)28-29-24(19)34)32(30-20)14-6-8-15(9-7-14)35-22-16(25)4-3-5-17(22)26/h2-9,13H,1,10-12H2,(H2,27,28)(H,29,34)/t13-/m0/s1. The van der Waals surface area contributed by atoms with E-state index in [-0.39, 0.29) is 23.4 Å². The molecule has 0 aliphatic carbocycles. The zero-order chi connectivity index (χ0) is 24.7. The number of ether oxygens (including phenoxy) is 1. The minimum atomic E-state index is -0.824. The van der Waals surface area contributed by atoms with Crippen molar-refractivity contribution in [3.63, 3.8) is 0 Å². The van der Waals surface area contributed by atoms with Crippen LogP contribution in [0.15, 0.2) is 59.9 Å². The first-order valence-corrected chi connectivity index (χ1v) is 10.8. The van der Waals surface area contributed by atoms with E-state index in [4.69, 9.17) is 10.5 Å². The number of amides is 1. The average molecular weight is 478 g/mol. The molecule has 2 aromatic carbocycles. The molecule has 1 atom stereocenters. The second kappa shape index (κ2) is 8.67. The Bertz CT molecular complexity index is 1490. The number of rotatable bonds is 5. The number of carbonyl (C=O) groups excluding carboxylic acids is 1. The molecule has 1 saturated heterocycles. The number of benzene rings is 2. The molecule has 5 rings (SSSR count). The van der Waals surface area contributed by atoms with Crippen molar-refractivity contribution >= 4 is 22.6 Å². The topological polar surface area (TPSA) is 119 Å². The number of carbonyl (C=O) groups is 1. The van der Waals surface area contributed by atoms with E-state index in [1.807, 2.05) is 0 Å². The number of nitrogens with one attached hydrogen (secondary N) is 1. The minimum Gasteiger partial charge on any atom is -0.451 e. The van der Waals surface area contributed by atoms with Gasteiger partial charge in [-0.1, -0.05) is 12.6 Å². The zero-order valence-corrected chi connectivity index (χ0v) is 18.4. The molecule has 35 heavy (non-hydrogen) atoms. The Kier molecular flexibility index (Phi) is 5.51. The second-order valence-corrected chi connectivity index (χ2v) is 8.08. The Hall–Kier alpha value is -4.54. The summed E-state index contributed by atoms with van der Waals surface area (Å²) >= 11 is 0. The van der Waals surface area contributed by atoms with Gasteiger partial charge in [-0.2, -0.15) is 10.2 Å². The molecule has 0 bridgehead atoms. The molecular weight excluding hydrogens is 458 g/mol. The third-order valence-corrected chi connectivity index (χ3v) is 5.94. The lowest BCUT2D eigenvalue weighted by atomic mass is 10.0. The summed E-state index contributed by atoms with van der Waals surface area (Å²) in [4.78, 5) is 26.4. The van der Waals surface area contributed by atoms with E-state index in [9.17, 15) is 18.4 Å². The first-order chi connectivity index (χ1) is 16.9. The minimum absolute atomic E-state index is 0.0733. The molecular formula is C24H20F2N6O3. The van der Waals surface area contributed by atoms with Crippen molar-refractivity contribution < 1.29 is 18.3 Å². The Morgan fingerprint density at radius 3 is 2.60 bits per heavy atom. The lowest BCUT2D eigenvalue weighted by Crippen LogP contribution is -2.26. The number of nitrogens with zero attached hydrogens (tertiary/aromatic N) is 4. The summed E-state index contributed by atoms with van der Waals surface area (Å²) < 4.78 is 34.7. The SMILES string of the molecule is C=CC(=O)N1CC[C@H](c2nn(-c3ccc(Oc4c(F)cccc4F)cc3)c3c(N)n[nH]c(=O)c23)C1. The van der Waals surface area contributed by atoms with Gasteiger partial charge in [-0.3, -0.25) is 9.59 Å². The normalized spacial score (nSPS) is 15.5. The maximum Gasteiger partial charge on any atom is 0.275 e. The maximum atomic E-state index is 13.9. The Labute approximate surface area is 197 Å².